The predicted octanol–water partition coefficient (Wildman–Crippen LogP) is 5.71. The molecule has 1 heterocycles. The lowest BCUT2D eigenvalue weighted by Crippen LogP contribution is -2.13. The topological polar surface area (TPSA) is 30.0 Å². The molecule has 0 aliphatic heterocycles. The molecule has 1 aromatic heterocycles. The predicted molar refractivity (Wildman–Crippen MR) is 100 cm³/mol. The number of ketones is 1. The average Bonchev–Trinajstić information content (AvgIpc) is 2.60. The zero-order valence-electron chi connectivity index (χ0n) is 13.9. The van der Waals surface area contributed by atoms with Gasteiger partial charge in [-0.05, 0) is 23.9 Å². The Morgan fingerprint density at radius 3 is 2.58 bits per heavy atom. The van der Waals surface area contributed by atoms with Crippen molar-refractivity contribution in [2.45, 2.75) is 26.7 Å². The van der Waals surface area contributed by atoms with Crippen LogP contribution in [0, 0.1) is 5.92 Å². The number of Topliss-reactive ketones (excluding diaryl/α,β-unsaturated/α-hetero) is 1. The molecule has 1 atom stereocenters. The lowest BCUT2D eigenvalue weighted by atomic mass is 9.97. The van der Waals surface area contributed by atoms with Gasteiger partial charge in [0.15, 0.2) is 0 Å². The first-order valence-electron chi connectivity index (χ1n) is 8.26. The van der Waals surface area contributed by atoms with E-state index in [9.17, 15) is 4.79 Å². The molecule has 0 spiro atoms. The molecule has 2 nitrogen and oxygen atoms in total. The number of hydrogen-bond donors (Lipinski definition) is 0. The molecule has 0 fully saturated rings. The number of carbonyl (C=O) groups is 1. The van der Waals surface area contributed by atoms with Crippen molar-refractivity contribution in [3.05, 3.63) is 65.3 Å². The molecule has 3 aromatic rings. The van der Waals surface area contributed by atoms with E-state index in [1.54, 1.807) is 0 Å². The quantitative estimate of drug-likeness (QED) is 0.596. The molecule has 0 N–H and O–H groups in total. The number of rotatable bonds is 5. The molecular formula is C21H20ClNO. The molecule has 0 saturated carbocycles. The van der Waals surface area contributed by atoms with Crippen LogP contribution in [-0.4, -0.2) is 10.8 Å². The van der Waals surface area contributed by atoms with Gasteiger partial charge in [-0.2, -0.15) is 0 Å². The molecule has 3 heteroatoms. The number of carbonyl (C=O) groups excluding carboxylic acids is 1. The molecule has 122 valence electrons. The van der Waals surface area contributed by atoms with Gasteiger partial charge in [-0.15, -0.1) is 0 Å². The van der Waals surface area contributed by atoms with E-state index in [-0.39, 0.29) is 11.7 Å². The van der Waals surface area contributed by atoms with Gasteiger partial charge in [0.05, 0.1) is 5.69 Å². The molecule has 1 unspecified atom stereocenters. The van der Waals surface area contributed by atoms with Crippen LogP contribution >= 0.6 is 11.6 Å². The lowest BCUT2D eigenvalue weighted by Gasteiger charge is -2.12. The fourth-order valence-corrected chi connectivity index (χ4v) is 3.01. The summed E-state index contributed by atoms with van der Waals surface area (Å²) in [5, 5.41) is 2.79. The van der Waals surface area contributed by atoms with Crippen molar-refractivity contribution in [3.63, 3.8) is 0 Å². The van der Waals surface area contributed by atoms with Gasteiger partial charge in [0, 0.05) is 34.0 Å². The average molecular weight is 338 g/mol. The third-order valence-corrected chi connectivity index (χ3v) is 4.77. The fraction of sp³-hybridized carbons (Fsp3) is 0.238. The Morgan fingerprint density at radius 1 is 1.12 bits per heavy atom. The molecule has 2 aromatic carbocycles. The molecule has 0 radical (unpaired) electrons. The van der Waals surface area contributed by atoms with E-state index in [0.717, 1.165) is 34.1 Å². The summed E-state index contributed by atoms with van der Waals surface area (Å²) in [5.41, 5.74) is 2.53. The van der Waals surface area contributed by atoms with Crippen molar-refractivity contribution in [1.29, 1.82) is 0 Å². The maximum Gasteiger partial charge on any atom is 0.141 e. The number of hydrogen-bond acceptors (Lipinski definition) is 2. The number of aromatic nitrogens is 1. The molecule has 0 saturated heterocycles. The highest BCUT2D eigenvalue weighted by Crippen LogP contribution is 2.32. The van der Waals surface area contributed by atoms with E-state index in [4.69, 9.17) is 16.6 Å². The van der Waals surface area contributed by atoms with Gasteiger partial charge in [0.25, 0.3) is 0 Å². The first-order valence-corrected chi connectivity index (χ1v) is 8.64. The molecule has 3 rings (SSSR count). The minimum Gasteiger partial charge on any atom is -0.299 e. The van der Waals surface area contributed by atoms with Crippen LogP contribution in [0.4, 0.5) is 0 Å². The minimum atomic E-state index is 0.0574. The molecule has 0 amide bonds. The van der Waals surface area contributed by atoms with Gasteiger partial charge in [-0.3, -0.25) is 9.78 Å². The van der Waals surface area contributed by atoms with Gasteiger partial charge in [-0.25, -0.2) is 0 Å². The van der Waals surface area contributed by atoms with E-state index in [0.29, 0.717) is 11.4 Å². The van der Waals surface area contributed by atoms with Crippen LogP contribution in [0.5, 0.6) is 0 Å². The summed E-state index contributed by atoms with van der Waals surface area (Å²) in [6, 6.07) is 17.8. The zero-order valence-corrected chi connectivity index (χ0v) is 14.7. The van der Waals surface area contributed by atoms with Crippen LogP contribution in [0.1, 0.15) is 26.0 Å². The molecule has 24 heavy (non-hydrogen) atoms. The Kier molecular flexibility index (Phi) is 4.96. The third kappa shape index (κ3) is 3.34. The summed E-state index contributed by atoms with van der Waals surface area (Å²) in [6.07, 6.45) is 1.21. The van der Waals surface area contributed by atoms with Gasteiger partial charge >= 0.3 is 0 Å². The van der Waals surface area contributed by atoms with Crippen molar-refractivity contribution in [3.8, 4) is 11.3 Å². The van der Waals surface area contributed by atoms with Crippen LogP contribution in [0.25, 0.3) is 22.0 Å². The molecule has 0 aliphatic rings. The van der Waals surface area contributed by atoms with E-state index in [1.807, 2.05) is 62.4 Å². The number of fused-ring (bicyclic) bond motifs is 1. The third-order valence-electron chi connectivity index (χ3n) is 4.44. The Bertz CT molecular complexity index is 888. The zero-order chi connectivity index (χ0) is 17.1. The van der Waals surface area contributed by atoms with Gasteiger partial charge in [0.1, 0.15) is 5.78 Å². The number of halogens is 1. The van der Waals surface area contributed by atoms with Crippen molar-refractivity contribution in [2.24, 2.45) is 5.92 Å². The van der Waals surface area contributed by atoms with Crippen molar-refractivity contribution < 1.29 is 4.79 Å². The molecule has 0 bridgehead atoms. The van der Waals surface area contributed by atoms with E-state index >= 15 is 0 Å². The Hall–Kier alpha value is -2.19. The highest BCUT2D eigenvalue weighted by molar-refractivity contribution is 6.33. The highest BCUT2D eigenvalue weighted by atomic mass is 35.5. The summed E-state index contributed by atoms with van der Waals surface area (Å²) < 4.78 is 0. The Morgan fingerprint density at radius 2 is 1.83 bits per heavy atom. The maximum absolute atomic E-state index is 12.3. The number of benzene rings is 2. The van der Waals surface area contributed by atoms with Gasteiger partial charge in [0.2, 0.25) is 0 Å². The molecule has 0 aliphatic carbocycles. The summed E-state index contributed by atoms with van der Waals surface area (Å²) >= 11 is 6.38. The standard InChI is InChI=1S/C21H20ClNO/c1-3-14(2)20(24)13-16-12-15-8-4-5-9-17(15)21(23-16)18-10-6-7-11-19(18)22/h4-12,14H,3,13H2,1-2H3. The first kappa shape index (κ1) is 16.7. The van der Waals surface area contributed by atoms with Crippen LogP contribution in [-0.2, 0) is 11.2 Å². The van der Waals surface area contributed by atoms with Crippen LogP contribution in [0.3, 0.4) is 0 Å². The van der Waals surface area contributed by atoms with Crippen molar-refractivity contribution >= 4 is 28.2 Å². The van der Waals surface area contributed by atoms with Crippen molar-refractivity contribution in [2.75, 3.05) is 0 Å². The van der Waals surface area contributed by atoms with E-state index in [1.165, 1.54) is 0 Å². The summed E-state index contributed by atoms with van der Waals surface area (Å²) in [4.78, 5) is 17.1. The monoisotopic (exact) mass is 337 g/mol. The van der Waals surface area contributed by atoms with Gasteiger partial charge in [-0.1, -0.05) is 67.9 Å². The summed E-state index contributed by atoms with van der Waals surface area (Å²) in [6.45, 7) is 4.00. The smallest absolute Gasteiger partial charge is 0.141 e. The minimum absolute atomic E-state index is 0.0574. The number of pyridine rings is 1. The van der Waals surface area contributed by atoms with E-state index < -0.39 is 0 Å². The lowest BCUT2D eigenvalue weighted by molar-refractivity contribution is -0.121. The van der Waals surface area contributed by atoms with Crippen LogP contribution in [0.2, 0.25) is 5.02 Å². The normalized spacial score (nSPS) is 12.3. The highest BCUT2D eigenvalue weighted by Gasteiger charge is 2.15. The van der Waals surface area contributed by atoms with Crippen LogP contribution < -0.4 is 0 Å². The second-order valence-electron chi connectivity index (χ2n) is 6.12. The maximum atomic E-state index is 12.3. The second kappa shape index (κ2) is 7.14. The summed E-state index contributed by atoms with van der Waals surface area (Å²) in [7, 11) is 0. The van der Waals surface area contributed by atoms with E-state index in [2.05, 4.69) is 6.07 Å². The molecular weight excluding hydrogens is 318 g/mol. The van der Waals surface area contributed by atoms with Crippen LogP contribution in [0.15, 0.2) is 54.6 Å². The first-order chi connectivity index (χ1) is 11.6. The summed E-state index contributed by atoms with van der Waals surface area (Å²) in [5.74, 6) is 0.285. The van der Waals surface area contributed by atoms with Gasteiger partial charge < -0.3 is 0 Å². The SMILES string of the molecule is CCC(C)C(=O)Cc1cc2ccccc2c(-c2ccccc2Cl)n1. The Labute approximate surface area is 147 Å². The van der Waals surface area contributed by atoms with Crippen molar-refractivity contribution in [1.82, 2.24) is 4.98 Å². The Balaban J connectivity index is 2.14. The second-order valence-corrected chi connectivity index (χ2v) is 6.52. The number of nitrogens with zero attached hydrogens (tertiary/aromatic N) is 1. The largest absolute Gasteiger partial charge is 0.299 e. The fourth-order valence-electron chi connectivity index (χ4n) is 2.78.